The first kappa shape index (κ1) is 36.7. The van der Waals surface area contributed by atoms with Gasteiger partial charge in [0.1, 0.15) is 0 Å². The molecule has 0 aliphatic rings. The zero-order valence-electron chi connectivity index (χ0n) is 24.4. The second-order valence-corrected chi connectivity index (χ2v) is 9.68. The number of ether oxygens (including phenoxy) is 4. The zero-order chi connectivity index (χ0) is 27.8. The first-order valence-corrected chi connectivity index (χ1v) is 15.2. The molecule has 0 aromatic heterocycles. The maximum absolute atomic E-state index is 11.9. The predicted octanol–water partition coefficient (Wildman–Crippen LogP) is 4.12. The smallest absolute Gasteiger partial charge is 0.222 e. The Balaban J connectivity index is 3.23. The maximum Gasteiger partial charge on any atom is 0.222 e. The van der Waals surface area contributed by atoms with E-state index in [1.165, 1.54) is 70.6 Å². The van der Waals surface area contributed by atoms with E-state index in [4.69, 9.17) is 24.7 Å². The van der Waals surface area contributed by atoms with Gasteiger partial charge in [0.2, 0.25) is 11.8 Å². The molecule has 0 heterocycles. The molecule has 9 heteroatoms. The Hall–Kier alpha value is -1.26. The lowest BCUT2D eigenvalue weighted by Gasteiger charge is -2.08. The van der Waals surface area contributed by atoms with Crippen LogP contribution in [0.15, 0.2) is 0 Å². The Bertz CT molecular complexity index is 511. The molecule has 2 amide bonds. The van der Waals surface area contributed by atoms with Crippen LogP contribution in [0.1, 0.15) is 103 Å². The largest absolute Gasteiger partial charge is 0.379 e. The minimum absolute atomic E-state index is 0.0673. The van der Waals surface area contributed by atoms with Gasteiger partial charge in [0.15, 0.2) is 0 Å². The summed E-state index contributed by atoms with van der Waals surface area (Å²) in [4.78, 5) is 23.6. The number of nitrogens with one attached hydrogen (secondary N) is 2. The van der Waals surface area contributed by atoms with Crippen molar-refractivity contribution in [1.82, 2.24) is 10.6 Å². The van der Waals surface area contributed by atoms with Gasteiger partial charge in [0.25, 0.3) is 0 Å². The van der Waals surface area contributed by atoms with E-state index in [9.17, 15) is 9.59 Å². The van der Waals surface area contributed by atoms with Gasteiger partial charge in [-0.3, -0.25) is 9.59 Å². The topological polar surface area (TPSA) is 121 Å². The van der Waals surface area contributed by atoms with Crippen LogP contribution in [0.3, 0.4) is 0 Å². The molecular weight excluding hydrogens is 486 g/mol. The number of amides is 2. The molecule has 0 aromatic carbocycles. The third-order valence-electron chi connectivity index (χ3n) is 6.12. The average molecular weight is 546 g/mol. The van der Waals surface area contributed by atoms with Crippen molar-refractivity contribution in [2.24, 2.45) is 5.73 Å². The van der Waals surface area contributed by atoms with Crippen LogP contribution in [0.4, 0.5) is 0 Å². The summed E-state index contributed by atoms with van der Waals surface area (Å²) in [6, 6.07) is 0. The summed E-state index contributed by atoms with van der Waals surface area (Å²) in [5.74, 6) is 0.0382. The number of hydrogen-bond donors (Lipinski definition) is 3. The minimum Gasteiger partial charge on any atom is -0.379 e. The molecule has 0 saturated heterocycles. The summed E-state index contributed by atoms with van der Waals surface area (Å²) < 4.78 is 21.4. The first-order valence-electron chi connectivity index (χ1n) is 15.2. The molecule has 0 aromatic rings. The Labute approximate surface area is 232 Å². The average Bonchev–Trinajstić information content (AvgIpc) is 2.91. The fourth-order valence-corrected chi connectivity index (χ4v) is 3.90. The molecule has 9 nitrogen and oxygen atoms in total. The maximum atomic E-state index is 11.9. The molecule has 0 aliphatic carbocycles. The van der Waals surface area contributed by atoms with Crippen molar-refractivity contribution in [2.75, 3.05) is 72.5 Å². The molecule has 226 valence electrons. The molecule has 0 radical (unpaired) electrons. The molecule has 0 aliphatic heterocycles. The molecule has 0 bridgehead atoms. The van der Waals surface area contributed by atoms with Crippen molar-refractivity contribution in [3.63, 3.8) is 0 Å². The van der Waals surface area contributed by atoms with Crippen molar-refractivity contribution >= 4 is 11.8 Å². The highest BCUT2D eigenvalue weighted by atomic mass is 16.5. The fraction of sp³-hybridized carbons (Fsp3) is 0.931. The summed E-state index contributed by atoms with van der Waals surface area (Å²) in [5, 5.41) is 5.69. The monoisotopic (exact) mass is 545 g/mol. The van der Waals surface area contributed by atoms with Crippen LogP contribution in [0.5, 0.6) is 0 Å². The van der Waals surface area contributed by atoms with E-state index in [0.29, 0.717) is 85.3 Å². The van der Waals surface area contributed by atoms with Gasteiger partial charge in [-0.05, 0) is 6.42 Å². The van der Waals surface area contributed by atoms with Crippen LogP contribution in [0, 0.1) is 0 Å². The molecule has 0 unspecified atom stereocenters. The van der Waals surface area contributed by atoms with Crippen LogP contribution in [0.2, 0.25) is 0 Å². The summed E-state index contributed by atoms with van der Waals surface area (Å²) >= 11 is 0. The van der Waals surface area contributed by atoms with Crippen molar-refractivity contribution < 1.29 is 28.5 Å². The minimum atomic E-state index is -0.0673. The van der Waals surface area contributed by atoms with Crippen LogP contribution in [-0.4, -0.2) is 84.3 Å². The summed E-state index contributed by atoms with van der Waals surface area (Å²) in [6.07, 6.45) is 17.9. The predicted molar refractivity (Wildman–Crippen MR) is 153 cm³/mol. The van der Waals surface area contributed by atoms with Crippen molar-refractivity contribution in [3.05, 3.63) is 0 Å². The van der Waals surface area contributed by atoms with E-state index in [0.717, 1.165) is 12.8 Å². The Morgan fingerprint density at radius 3 is 1.37 bits per heavy atom. The van der Waals surface area contributed by atoms with E-state index in [1.54, 1.807) is 0 Å². The number of hydrogen-bond acceptors (Lipinski definition) is 7. The van der Waals surface area contributed by atoms with Crippen LogP contribution >= 0.6 is 0 Å². The second kappa shape index (κ2) is 32.0. The van der Waals surface area contributed by atoms with Crippen molar-refractivity contribution in [2.45, 2.75) is 103 Å². The SMILES string of the molecule is CCCCCCCCCCCCCCCC(=O)NCCOCCOCCNC(=O)CCOCCOCCN. The third-order valence-corrected chi connectivity index (χ3v) is 6.12. The fourth-order valence-electron chi connectivity index (χ4n) is 3.90. The second-order valence-electron chi connectivity index (χ2n) is 9.68. The summed E-state index contributed by atoms with van der Waals surface area (Å²) in [5.41, 5.74) is 5.32. The number of nitrogens with two attached hydrogens (primary N) is 1. The van der Waals surface area contributed by atoms with Gasteiger partial charge >= 0.3 is 0 Å². The van der Waals surface area contributed by atoms with Gasteiger partial charge in [-0.1, -0.05) is 84.0 Å². The molecular formula is C29H59N3O6. The highest BCUT2D eigenvalue weighted by molar-refractivity contribution is 5.76. The van der Waals surface area contributed by atoms with E-state index in [-0.39, 0.29) is 11.8 Å². The number of rotatable bonds is 31. The zero-order valence-corrected chi connectivity index (χ0v) is 24.4. The molecule has 0 spiro atoms. The van der Waals surface area contributed by atoms with Crippen molar-refractivity contribution in [1.29, 1.82) is 0 Å². The number of carbonyl (C=O) groups is 2. The van der Waals surface area contributed by atoms with Crippen LogP contribution < -0.4 is 16.4 Å². The van der Waals surface area contributed by atoms with Gasteiger partial charge in [0.05, 0.1) is 52.9 Å². The number of unbranched alkanes of at least 4 members (excludes halogenated alkanes) is 12. The van der Waals surface area contributed by atoms with Gasteiger partial charge in [-0.15, -0.1) is 0 Å². The molecule has 0 atom stereocenters. The standard InChI is InChI=1S/C29H59N3O6/c1-2-3-4-5-6-7-8-9-10-11-12-13-14-15-28(33)31-18-22-37-26-27-38-23-19-32-29(34)16-20-35-24-25-36-21-17-30/h2-27,30H2,1H3,(H,31,33)(H,32,34). The lowest BCUT2D eigenvalue weighted by Crippen LogP contribution is -2.29. The lowest BCUT2D eigenvalue weighted by atomic mass is 10.0. The van der Waals surface area contributed by atoms with Crippen LogP contribution in [0.25, 0.3) is 0 Å². The highest BCUT2D eigenvalue weighted by Gasteiger charge is 2.02. The molecule has 0 saturated carbocycles. The third kappa shape index (κ3) is 31.0. The quantitative estimate of drug-likeness (QED) is 0.112. The van der Waals surface area contributed by atoms with E-state index in [2.05, 4.69) is 17.6 Å². The number of carbonyl (C=O) groups excluding carboxylic acids is 2. The normalized spacial score (nSPS) is 11.1. The summed E-state index contributed by atoms with van der Waals surface area (Å²) in [7, 11) is 0. The first-order chi connectivity index (χ1) is 18.7. The van der Waals surface area contributed by atoms with Crippen molar-refractivity contribution in [3.8, 4) is 0 Å². The molecule has 0 rings (SSSR count). The van der Waals surface area contributed by atoms with E-state index in [1.807, 2.05) is 0 Å². The van der Waals surface area contributed by atoms with E-state index < -0.39 is 0 Å². The Kier molecular flexibility index (Phi) is 30.9. The Morgan fingerprint density at radius 1 is 0.500 bits per heavy atom. The lowest BCUT2D eigenvalue weighted by molar-refractivity contribution is -0.123. The van der Waals surface area contributed by atoms with Gasteiger partial charge in [0, 0.05) is 32.5 Å². The molecule has 0 fully saturated rings. The highest BCUT2D eigenvalue weighted by Crippen LogP contribution is 2.12. The van der Waals surface area contributed by atoms with E-state index >= 15 is 0 Å². The van der Waals surface area contributed by atoms with Gasteiger partial charge in [-0.2, -0.15) is 0 Å². The molecule has 38 heavy (non-hydrogen) atoms. The summed E-state index contributed by atoms with van der Waals surface area (Å²) in [6.45, 7) is 7.38. The van der Waals surface area contributed by atoms with Gasteiger partial charge in [-0.25, -0.2) is 0 Å². The van der Waals surface area contributed by atoms with Crippen LogP contribution in [-0.2, 0) is 28.5 Å². The van der Waals surface area contributed by atoms with Gasteiger partial charge < -0.3 is 35.3 Å². The Morgan fingerprint density at radius 2 is 0.895 bits per heavy atom. The molecule has 4 N–H and O–H groups in total.